The summed E-state index contributed by atoms with van der Waals surface area (Å²) in [5.41, 5.74) is 12.4. The van der Waals surface area contributed by atoms with Crippen molar-refractivity contribution in [2.24, 2.45) is 0 Å². The lowest BCUT2D eigenvalue weighted by Crippen LogP contribution is -2.49. The maximum absolute atomic E-state index is 9.00. The summed E-state index contributed by atoms with van der Waals surface area (Å²) in [5, 5.41) is 31.3. The largest absolute Gasteiger partial charge is 0.481 e. The average Bonchev–Trinajstić information content (AvgIpc) is 3.60. The predicted molar refractivity (Wildman–Crippen MR) is 173 cm³/mol. The summed E-state index contributed by atoms with van der Waals surface area (Å²) in [6, 6.07) is 9.35. The second-order valence-electron chi connectivity index (χ2n) is 11.5. The first-order valence-electron chi connectivity index (χ1n) is 15.2. The Morgan fingerprint density at radius 1 is 0.978 bits per heavy atom. The first-order chi connectivity index (χ1) is 21.5. The van der Waals surface area contributed by atoms with Crippen LogP contribution in [0, 0.1) is 6.92 Å². The number of nitrogens with zero attached hydrogens (tertiary/aromatic N) is 7. The molecule has 0 radical (unpaired) electrons. The molecule has 6 rings (SSSR count). The predicted octanol–water partition coefficient (Wildman–Crippen LogP) is 3.63. The zero-order valence-electron chi connectivity index (χ0n) is 26.4. The number of hydrogen-bond donors (Lipinski definition) is 5. The first kappa shape index (κ1) is 33.3. The van der Waals surface area contributed by atoms with Crippen molar-refractivity contribution in [1.82, 2.24) is 39.7 Å². The Morgan fingerprint density at radius 3 is 2.16 bits per heavy atom. The molecule has 4 aromatic rings. The van der Waals surface area contributed by atoms with Crippen LogP contribution in [-0.2, 0) is 16.1 Å². The van der Waals surface area contributed by atoms with Gasteiger partial charge in [0.05, 0.1) is 17.6 Å². The van der Waals surface area contributed by atoms with Crippen LogP contribution in [0.25, 0.3) is 22.3 Å². The van der Waals surface area contributed by atoms with E-state index in [0.717, 1.165) is 72.5 Å². The Morgan fingerprint density at radius 2 is 1.58 bits per heavy atom. The summed E-state index contributed by atoms with van der Waals surface area (Å²) in [5.74, 6) is -1.19. The minimum atomic E-state index is -0.833. The number of aryl methyl sites for hydroxylation is 1. The number of carboxylic acid groups (broad SMARTS) is 2. The Balaban J connectivity index is 0.000000518. The third kappa shape index (κ3) is 8.99. The lowest BCUT2D eigenvalue weighted by molar-refractivity contribution is -0.135. The SMILES string of the molecule is CC(=O)O.CC(=O)O.Cc1[nH]ncc1CNc1ccc(-c2nn(C3CCC(N4CCN(C)CC4)CC3)c3ncnc(N)c23)cc1. The van der Waals surface area contributed by atoms with E-state index in [0.29, 0.717) is 17.9 Å². The Hall–Kier alpha value is -4.56. The molecule has 1 aromatic carbocycles. The van der Waals surface area contributed by atoms with Crippen LogP contribution < -0.4 is 11.1 Å². The summed E-state index contributed by atoms with van der Waals surface area (Å²) in [4.78, 5) is 32.0. The van der Waals surface area contributed by atoms with E-state index in [9.17, 15) is 0 Å². The van der Waals surface area contributed by atoms with Gasteiger partial charge >= 0.3 is 0 Å². The third-order valence-electron chi connectivity index (χ3n) is 8.16. The molecule has 1 saturated heterocycles. The average molecular weight is 621 g/mol. The Kier molecular flexibility index (Phi) is 11.4. The van der Waals surface area contributed by atoms with E-state index in [4.69, 9.17) is 30.6 Å². The number of nitrogens with one attached hydrogen (secondary N) is 2. The molecule has 0 bridgehead atoms. The first-order valence-corrected chi connectivity index (χ1v) is 15.2. The number of nitrogens with two attached hydrogens (primary N) is 1. The highest BCUT2D eigenvalue weighted by Crippen LogP contribution is 2.37. The number of aromatic nitrogens is 6. The molecule has 14 nitrogen and oxygen atoms in total. The number of rotatable bonds is 6. The summed E-state index contributed by atoms with van der Waals surface area (Å²) >= 11 is 0. The van der Waals surface area contributed by atoms with E-state index < -0.39 is 11.9 Å². The minimum Gasteiger partial charge on any atom is -0.481 e. The van der Waals surface area contributed by atoms with Crippen molar-refractivity contribution < 1.29 is 19.8 Å². The van der Waals surface area contributed by atoms with Gasteiger partial charge in [0.2, 0.25) is 0 Å². The maximum Gasteiger partial charge on any atom is 0.300 e. The number of aliphatic carboxylic acids is 2. The zero-order valence-corrected chi connectivity index (χ0v) is 26.4. The van der Waals surface area contributed by atoms with Crippen LogP contribution in [0.2, 0.25) is 0 Å². The second kappa shape index (κ2) is 15.4. The van der Waals surface area contributed by atoms with Gasteiger partial charge in [-0.05, 0) is 51.8 Å². The van der Waals surface area contributed by atoms with Crippen LogP contribution in [0.15, 0.2) is 36.8 Å². The van der Waals surface area contributed by atoms with E-state index in [1.807, 2.05) is 13.1 Å². The molecule has 242 valence electrons. The van der Waals surface area contributed by atoms with Crippen LogP contribution >= 0.6 is 0 Å². The second-order valence-corrected chi connectivity index (χ2v) is 11.5. The quantitative estimate of drug-likeness (QED) is 0.211. The summed E-state index contributed by atoms with van der Waals surface area (Å²) in [6.45, 7) is 9.60. The fourth-order valence-corrected chi connectivity index (χ4v) is 5.80. The van der Waals surface area contributed by atoms with E-state index in [1.54, 1.807) is 6.33 Å². The molecule has 2 aliphatic rings. The molecular weight excluding hydrogens is 576 g/mol. The van der Waals surface area contributed by atoms with Gasteiger partial charge in [0.25, 0.3) is 11.9 Å². The summed E-state index contributed by atoms with van der Waals surface area (Å²) in [7, 11) is 2.22. The molecule has 0 amide bonds. The molecule has 1 aliphatic heterocycles. The molecular formula is C31H44N10O4. The molecule has 4 heterocycles. The number of hydrogen-bond acceptors (Lipinski definition) is 10. The lowest BCUT2D eigenvalue weighted by atomic mass is 9.90. The smallest absolute Gasteiger partial charge is 0.300 e. The lowest BCUT2D eigenvalue weighted by Gasteiger charge is -2.41. The number of carbonyl (C=O) groups is 2. The number of carboxylic acids is 2. The van der Waals surface area contributed by atoms with Crippen molar-refractivity contribution in [3.05, 3.63) is 48.0 Å². The maximum atomic E-state index is 9.00. The van der Waals surface area contributed by atoms with Crippen LogP contribution in [0.5, 0.6) is 0 Å². The summed E-state index contributed by atoms with van der Waals surface area (Å²) in [6.07, 6.45) is 8.02. The van der Waals surface area contributed by atoms with Crippen molar-refractivity contribution in [2.45, 2.75) is 65.1 Å². The molecule has 1 saturated carbocycles. The molecule has 45 heavy (non-hydrogen) atoms. The number of fused-ring (bicyclic) bond motifs is 1. The summed E-state index contributed by atoms with van der Waals surface area (Å²) < 4.78 is 2.12. The third-order valence-corrected chi connectivity index (χ3v) is 8.16. The van der Waals surface area contributed by atoms with Gasteiger partial charge in [0, 0.05) is 75.1 Å². The number of H-pyrrole nitrogens is 1. The minimum absolute atomic E-state index is 0.327. The van der Waals surface area contributed by atoms with Crippen LogP contribution in [-0.4, -0.2) is 101 Å². The fraction of sp³-hybridized carbons (Fsp3) is 0.484. The Bertz CT molecular complexity index is 1530. The van der Waals surface area contributed by atoms with E-state index >= 15 is 0 Å². The highest BCUT2D eigenvalue weighted by atomic mass is 16.4. The number of nitrogen functional groups attached to an aromatic ring is 1. The molecule has 0 spiro atoms. The normalized spacial score (nSPS) is 18.8. The molecule has 0 unspecified atom stereocenters. The highest BCUT2D eigenvalue weighted by molar-refractivity contribution is 5.98. The van der Waals surface area contributed by atoms with Gasteiger partial charge in [-0.2, -0.15) is 10.2 Å². The van der Waals surface area contributed by atoms with Crippen molar-refractivity contribution in [3.8, 4) is 11.3 Å². The standard InChI is InChI=1S/C27H36N10.2C2H4O2/c1-18-20(16-32-33-18)15-29-21-5-3-19(4-6-21)25-24-26(28)30-17-31-27(24)37(34-25)23-9-7-22(8-10-23)36-13-11-35(2)12-14-36;2*1-2(3)4/h3-6,16-17,22-23,29H,7-15H2,1-2H3,(H,32,33)(H2,28,30,31);2*1H3,(H,3,4). The van der Waals surface area contributed by atoms with Gasteiger partial charge in [-0.1, -0.05) is 12.1 Å². The van der Waals surface area contributed by atoms with Gasteiger partial charge in [0.1, 0.15) is 17.8 Å². The van der Waals surface area contributed by atoms with Crippen molar-refractivity contribution in [3.63, 3.8) is 0 Å². The topological polar surface area (TPSA) is 191 Å². The zero-order chi connectivity index (χ0) is 32.5. The molecule has 1 aliphatic carbocycles. The van der Waals surface area contributed by atoms with Crippen LogP contribution in [0.4, 0.5) is 11.5 Å². The Labute approximate surface area is 262 Å². The van der Waals surface area contributed by atoms with Gasteiger partial charge in [-0.25, -0.2) is 14.6 Å². The van der Waals surface area contributed by atoms with Gasteiger partial charge in [-0.15, -0.1) is 0 Å². The van der Waals surface area contributed by atoms with Crippen LogP contribution in [0.3, 0.4) is 0 Å². The van der Waals surface area contributed by atoms with Gasteiger partial charge in [0.15, 0.2) is 5.65 Å². The van der Waals surface area contributed by atoms with Crippen molar-refractivity contribution in [2.75, 3.05) is 44.3 Å². The van der Waals surface area contributed by atoms with E-state index in [-0.39, 0.29) is 0 Å². The fourth-order valence-electron chi connectivity index (χ4n) is 5.80. The van der Waals surface area contributed by atoms with Gasteiger partial charge < -0.3 is 26.2 Å². The molecule has 2 fully saturated rings. The number of anilines is 2. The molecule has 3 aromatic heterocycles. The number of piperazine rings is 1. The monoisotopic (exact) mass is 620 g/mol. The van der Waals surface area contributed by atoms with Crippen molar-refractivity contribution in [1.29, 1.82) is 0 Å². The van der Waals surface area contributed by atoms with Crippen molar-refractivity contribution >= 4 is 34.5 Å². The van der Waals surface area contributed by atoms with E-state index in [1.165, 1.54) is 39.0 Å². The highest BCUT2D eigenvalue weighted by Gasteiger charge is 2.30. The number of benzene rings is 1. The molecule has 14 heteroatoms. The van der Waals surface area contributed by atoms with Crippen LogP contribution in [0.1, 0.15) is 56.8 Å². The molecule has 6 N–H and O–H groups in total. The number of likely N-dealkylation sites (N-methyl/N-ethyl adjacent to an activating group) is 1. The molecule has 0 atom stereocenters. The van der Waals surface area contributed by atoms with Gasteiger partial charge in [-0.3, -0.25) is 19.6 Å². The van der Waals surface area contributed by atoms with E-state index in [2.05, 4.69) is 71.3 Å². The number of aromatic amines is 1.